The molecule has 1 aliphatic heterocycles. The lowest BCUT2D eigenvalue weighted by Gasteiger charge is -2.26. The molecule has 0 unspecified atom stereocenters. The van der Waals surface area contributed by atoms with Gasteiger partial charge in [0.05, 0.1) is 6.54 Å². The van der Waals surface area contributed by atoms with E-state index in [1.807, 2.05) is 14.0 Å². The molecule has 148 valence electrons. The molecule has 0 aromatic carbocycles. The van der Waals surface area contributed by atoms with Crippen LogP contribution in [0.15, 0.2) is 26.7 Å². The van der Waals surface area contributed by atoms with E-state index in [9.17, 15) is 8.42 Å². The largest absolute Gasteiger partial charge is 0.381 e. The average Bonchev–Trinajstić information content (AvgIpc) is 3.19. The zero-order valence-electron chi connectivity index (χ0n) is 15.6. The number of hydrogen-bond acceptors (Lipinski definition) is 5. The van der Waals surface area contributed by atoms with Gasteiger partial charge in [-0.1, -0.05) is 6.07 Å². The van der Waals surface area contributed by atoms with Gasteiger partial charge >= 0.3 is 0 Å². The van der Waals surface area contributed by atoms with Crippen LogP contribution in [0.5, 0.6) is 0 Å². The van der Waals surface area contributed by atoms with E-state index in [1.54, 1.807) is 17.5 Å². The van der Waals surface area contributed by atoms with Crippen LogP contribution in [-0.2, 0) is 14.8 Å². The Kier molecular flexibility index (Phi) is 8.83. The van der Waals surface area contributed by atoms with Gasteiger partial charge in [0.2, 0.25) is 10.0 Å². The summed E-state index contributed by atoms with van der Waals surface area (Å²) in [5.74, 6) is 1.53. The first-order valence-corrected chi connectivity index (χ1v) is 11.5. The number of rotatable bonds is 9. The van der Waals surface area contributed by atoms with E-state index in [-0.39, 0.29) is 6.54 Å². The van der Waals surface area contributed by atoms with Crippen LogP contribution < -0.4 is 10.0 Å². The Morgan fingerprint density at radius 3 is 2.85 bits per heavy atom. The first-order valence-electron chi connectivity index (χ1n) is 9.13. The van der Waals surface area contributed by atoms with Gasteiger partial charge < -0.3 is 15.0 Å². The summed E-state index contributed by atoms with van der Waals surface area (Å²) in [5, 5.41) is 5.02. The fraction of sp³-hybridized carbons (Fsp3) is 0.706. The molecule has 0 atom stereocenters. The summed E-state index contributed by atoms with van der Waals surface area (Å²) < 4.78 is 32.5. The third kappa shape index (κ3) is 6.86. The molecule has 1 aliphatic rings. The molecule has 1 aromatic heterocycles. The summed E-state index contributed by atoms with van der Waals surface area (Å²) in [6.07, 6.45) is 3.38. The Bertz CT molecular complexity index is 641. The van der Waals surface area contributed by atoms with Crippen molar-refractivity contribution in [2.24, 2.45) is 10.9 Å². The van der Waals surface area contributed by atoms with Gasteiger partial charge in [-0.25, -0.2) is 13.1 Å². The van der Waals surface area contributed by atoms with E-state index in [4.69, 9.17) is 4.74 Å². The normalized spacial score (nSPS) is 16.6. The number of hydrogen-bond donors (Lipinski definition) is 2. The van der Waals surface area contributed by atoms with Crippen molar-refractivity contribution in [3.63, 3.8) is 0 Å². The van der Waals surface area contributed by atoms with Gasteiger partial charge in [0.1, 0.15) is 4.21 Å². The molecule has 0 aliphatic carbocycles. The maximum Gasteiger partial charge on any atom is 0.250 e. The maximum absolute atomic E-state index is 12.1. The van der Waals surface area contributed by atoms with Crippen LogP contribution in [0.2, 0.25) is 0 Å². The van der Waals surface area contributed by atoms with Gasteiger partial charge in [-0.15, -0.1) is 11.3 Å². The van der Waals surface area contributed by atoms with E-state index < -0.39 is 10.0 Å². The molecular weight excluding hydrogens is 372 g/mol. The highest BCUT2D eigenvalue weighted by molar-refractivity contribution is 7.91. The second kappa shape index (κ2) is 10.9. The Morgan fingerprint density at radius 2 is 2.19 bits per heavy atom. The molecule has 7 nitrogen and oxygen atoms in total. The van der Waals surface area contributed by atoms with Crippen molar-refractivity contribution >= 4 is 27.3 Å². The van der Waals surface area contributed by atoms with Crippen molar-refractivity contribution in [3.8, 4) is 0 Å². The van der Waals surface area contributed by atoms with Gasteiger partial charge in [-0.3, -0.25) is 4.99 Å². The highest BCUT2D eigenvalue weighted by Crippen LogP contribution is 2.18. The predicted molar refractivity (Wildman–Crippen MR) is 106 cm³/mol. The SMILES string of the molecule is CCNC(=NCCNS(=O)(=O)c1cccs1)N(C)CCC1CCOCC1. The summed E-state index contributed by atoms with van der Waals surface area (Å²) in [6, 6.07) is 3.33. The van der Waals surface area contributed by atoms with Crippen molar-refractivity contribution in [1.82, 2.24) is 14.9 Å². The molecular formula is C17H30N4O3S2. The third-order valence-electron chi connectivity index (χ3n) is 4.34. The Balaban J connectivity index is 1.79. The van der Waals surface area contributed by atoms with Crippen LogP contribution in [-0.4, -0.2) is 65.7 Å². The Labute approximate surface area is 160 Å². The van der Waals surface area contributed by atoms with Crippen molar-refractivity contribution in [1.29, 1.82) is 0 Å². The lowest BCUT2D eigenvalue weighted by atomic mass is 9.96. The van der Waals surface area contributed by atoms with Crippen LogP contribution in [0.4, 0.5) is 0 Å². The van der Waals surface area contributed by atoms with Crippen LogP contribution in [0.1, 0.15) is 26.2 Å². The summed E-state index contributed by atoms with van der Waals surface area (Å²) in [7, 11) is -1.39. The molecule has 2 heterocycles. The van der Waals surface area contributed by atoms with Gasteiger partial charge in [0.25, 0.3) is 0 Å². The van der Waals surface area contributed by atoms with Crippen molar-refractivity contribution in [2.45, 2.75) is 30.4 Å². The average molecular weight is 403 g/mol. The Hall–Kier alpha value is -1.16. The third-order valence-corrected chi connectivity index (χ3v) is 7.19. The molecule has 0 spiro atoms. The van der Waals surface area contributed by atoms with Crippen LogP contribution in [0.3, 0.4) is 0 Å². The van der Waals surface area contributed by atoms with Crippen LogP contribution >= 0.6 is 11.3 Å². The first kappa shape index (κ1) is 21.1. The Morgan fingerprint density at radius 1 is 1.42 bits per heavy atom. The quantitative estimate of drug-likeness (QED) is 0.373. The second-order valence-electron chi connectivity index (χ2n) is 6.33. The smallest absolute Gasteiger partial charge is 0.250 e. The lowest BCUT2D eigenvalue weighted by Crippen LogP contribution is -2.40. The number of guanidine groups is 1. The van der Waals surface area contributed by atoms with Gasteiger partial charge in [0.15, 0.2) is 5.96 Å². The molecule has 0 amide bonds. The number of sulfonamides is 1. The van der Waals surface area contributed by atoms with Crippen molar-refractivity contribution < 1.29 is 13.2 Å². The molecule has 26 heavy (non-hydrogen) atoms. The van der Waals surface area contributed by atoms with Gasteiger partial charge in [0, 0.05) is 39.9 Å². The van der Waals surface area contributed by atoms with Crippen LogP contribution in [0, 0.1) is 5.92 Å². The molecule has 0 saturated carbocycles. The topological polar surface area (TPSA) is 83.0 Å². The molecule has 0 radical (unpaired) electrons. The fourth-order valence-corrected chi connectivity index (χ4v) is 4.87. The molecule has 1 aromatic rings. The summed E-state index contributed by atoms with van der Waals surface area (Å²) in [4.78, 5) is 6.66. The molecule has 0 bridgehead atoms. The van der Waals surface area contributed by atoms with Crippen molar-refractivity contribution in [3.05, 3.63) is 17.5 Å². The van der Waals surface area contributed by atoms with Gasteiger partial charge in [-0.05, 0) is 43.6 Å². The molecule has 1 saturated heterocycles. The molecule has 2 N–H and O–H groups in total. The zero-order chi connectivity index (χ0) is 18.8. The molecule has 2 rings (SSSR count). The van der Waals surface area contributed by atoms with Crippen LogP contribution in [0.25, 0.3) is 0 Å². The number of thiophene rings is 1. The highest BCUT2D eigenvalue weighted by atomic mass is 32.2. The second-order valence-corrected chi connectivity index (χ2v) is 9.27. The minimum Gasteiger partial charge on any atom is -0.381 e. The van der Waals surface area contributed by atoms with E-state index in [0.29, 0.717) is 16.7 Å². The standard InChI is InChI=1S/C17H30N4O3S2/c1-3-18-17(21(2)11-6-15-7-12-24-13-8-15)19-9-10-20-26(22,23)16-5-4-14-25-16/h4-5,14-15,20H,3,6-13H2,1-2H3,(H,18,19). The van der Waals surface area contributed by atoms with Crippen molar-refractivity contribution in [2.75, 3.05) is 46.4 Å². The summed E-state index contributed by atoms with van der Waals surface area (Å²) in [6.45, 7) is 6.15. The van der Waals surface area contributed by atoms with Gasteiger partial charge in [-0.2, -0.15) is 0 Å². The van der Waals surface area contributed by atoms with E-state index >= 15 is 0 Å². The van der Waals surface area contributed by atoms with E-state index in [2.05, 4.69) is 19.9 Å². The number of nitrogens with one attached hydrogen (secondary N) is 2. The lowest BCUT2D eigenvalue weighted by molar-refractivity contribution is 0.0625. The minimum absolute atomic E-state index is 0.281. The monoisotopic (exact) mass is 402 g/mol. The molecule has 9 heteroatoms. The fourth-order valence-electron chi connectivity index (χ4n) is 2.82. The first-order chi connectivity index (χ1) is 12.5. The minimum atomic E-state index is -3.42. The van der Waals surface area contributed by atoms with E-state index in [0.717, 1.165) is 51.5 Å². The predicted octanol–water partition coefficient (Wildman–Crippen LogP) is 1.74. The molecule has 1 fully saturated rings. The maximum atomic E-state index is 12.1. The summed E-state index contributed by atoms with van der Waals surface area (Å²) in [5.41, 5.74) is 0. The number of nitrogens with zero attached hydrogens (tertiary/aromatic N) is 2. The number of ether oxygens (including phenoxy) is 1. The number of aliphatic imine (C=N–C) groups is 1. The zero-order valence-corrected chi connectivity index (χ0v) is 17.2. The van der Waals surface area contributed by atoms with E-state index in [1.165, 1.54) is 11.3 Å². The summed E-state index contributed by atoms with van der Waals surface area (Å²) >= 11 is 1.21. The highest BCUT2D eigenvalue weighted by Gasteiger charge is 2.16.